The van der Waals surface area contributed by atoms with Crippen molar-refractivity contribution in [2.75, 3.05) is 0 Å². The van der Waals surface area contributed by atoms with Crippen molar-refractivity contribution in [2.24, 2.45) is 5.73 Å². The quantitative estimate of drug-likeness (QED) is 0.834. The van der Waals surface area contributed by atoms with Gasteiger partial charge in [0, 0.05) is 5.56 Å². The van der Waals surface area contributed by atoms with Crippen LogP contribution in [-0.4, -0.2) is 22.1 Å². The highest BCUT2D eigenvalue weighted by Crippen LogP contribution is 2.27. The lowest BCUT2D eigenvalue weighted by molar-refractivity contribution is -0.128. The van der Waals surface area contributed by atoms with E-state index in [1.54, 1.807) is 0 Å². The fourth-order valence-corrected chi connectivity index (χ4v) is 1.56. The molecular weight excluding hydrogens is 239 g/mol. The van der Waals surface area contributed by atoms with Crippen molar-refractivity contribution in [3.8, 4) is 0 Å². The molecule has 1 aromatic heterocycles. The number of nitrogens with zero attached hydrogens (tertiary/aromatic N) is 2. The standard InChI is InChI=1S/C9H8F3N3O2/c10-9(11,12)1-5-4-2-17-3-6(4)15-8(14-5)7(13)16/h1-3H2,(H2,13,16). The molecule has 92 valence electrons. The molecule has 0 fully saturated rings. The van der Waals surface area contributed by atoms with Gasteiger partial charge in [0.05, 0.1) is 31.0 Å². The molecule has 0 spiro atoms. The average Bonchev–Trinajstić information content (AvgIpc) is 2.62. The number of carbonyl (C=O) groups is 1. The van der Waals surface area contributed by atoms with Crippen molar-refractivity contribution in [1.82, 2.24) is 9.97 Å². The summed E-state index contributed by atoms with van der Waals surface area (Å²) in [7, 11) is 0. The van der Waals surface area contributed by atoms with E-state index in [4.69, 9.17) is 10.5 Å². The summed E-state index contributed by atoms with van der Waals surface area (Å²) in [6.45, 7) is 0.1000. The molecule has 0 aliphatic carbocycles. The molecular formula is C9H8F3N3O2. The maximum absolute atomic E-state index is 12.3. The van der Waals surface area contributed by atoms with Gasteiger partial charge in [-0.3, -0.25) is 4.79 Å². The molecule has 0 atom stereocenters. The highest BCUT2D eigenvalue weighted by molar-refractivity contribution is 5.88. The molecule has 0 aromatic carbocycles. The van der Waals surface area contributed by atoms with Crippen LogP contribution in [0.4, 0.5) is 13.2 Å². The van der Waals surface area contributed by atoms with Crippen LogP contribution < -0.4 is 5.73 Å². The molecule has 2 N–H and O–H groups in total. The van der Waals surface area contributed by atoms with E-state index in [0.717, 1.165) is 0 Å². The Labute approximate surface area is 93.8 Å². The number of alkyl halides is 3. The Bertz CT molecular complexity index is 473. The van der Waals surface area contributed by atoms with Gasteiger partial charge in [-0.1, -0.05) is 0 Å². The first-order valence-electron chi connectivity index (χ1n) is 4.70. The molecule has 8 heteroatoms. The molecule has 0 saturated carbocycles. The van der Waals surface area contributed by atoms with Gasteiger partial charge in [0.2, 0.25) is 5.82 Å². The number of ether oxygens (including phenoxy) is 1. The third kappa shape index (κ3) is 2.52. The number of primary amides is 1. The van der Waals surface area contributed by atoms with Gasteiger partial charge in [-0.05, 0) is 0 Å². The molecule has 0 saturated heterocycles. The zero-order chi connectivity index (χ0) is 12.6. The number of fused-ring (bicyclic) bond motifs is 1. The van der Waals surface area contributed by atoms with Gasteiger partial charge in [-0.15, -0.1) is 0 Å². The van der Waals surface area contributed by atoms with E-state index >= 15 is 0 Å². The second kappa shape index (κ2) is 3.95. The number of halogens is 3. The zero-order valence-electron chi connectivity index (χ0n) is 8.54. The van der Waals surface area contributed by atoms with Gasteiger partial charge < -0.3 is 10.5 Å². The van der Waals surface area contributed by atoms with Crippen LogP contribution in [0, 0.1) is 0 Å². The van der Waals surface area contributed by atoms with Gasteiger partial charge in [-0.2, -0.15) is 13.2 Å². The van der Waals surface area contributed by atoms with E-state index in [0.29, 0.717) is 11.3 Å². The first-order valence-corrected chi connectivity index (χ1v) is 4.70. The minimum Gasteiger partial charge on any atom is -0.370 e. The van der Waals surface area contributed by atoms with Gasteiger partial charge in [0.15, 0.2) is 0 Å². The largest absolute Gasteiger partial charge is 0.394 e. The summed E-state index contributed by atoms with van der Waals surface area (Å²) in [4.78, 5) is 18.2. The third-order valence-corrected chi connectivity index (χ3v) is 2.25. The van der Waals surface area contributed by atoms with Crippen LogP contribution >= 0.6 is 0 Å². The number of rotatable bonds is 2. The summed E-state index contributed by atoms with van der Waals surface area (Å²) >= 11 is 0. The molecule has 0 bridgehead atoms. The van der Waals surface area contributed by atoms with E-state index in [1.165, 1.54) is 0 Å². The third-order valence-electron chi connectivity index (χ3n) is 2.25. The molecule has 1 aliphatic rings. The molecule has 2 heterocycles. The smallest absolute Gasteiger partial charge is 0.370 e. The summed E-state index contributed by atoms with van der Waals surface area (Å²) in [6, 6.07) is 0. The number of hydrogen-bond acceptors (Lipinski definition) is 4. The van der Waals surface area contributed by atoms with Crippen molar-refractivity contribution in [3.05, 3.63) is 22.8 Å². The number of carbonyl (C=O) groups excluding carboxylic acids is 1. The molecule has 1 aliphatic heterocycles. The summed E-state index contributed by atoms with van der Waals surface area (Å²) in [6.07, 6.45) is -5.62. The van der Waals surface area contributed by atoms with Gasteiger partial charge in [-0.25, -0.2) is 9.97 Å². The summed E-state index contributed by atoms with van der Waals surface area (Å²) in [5.41, 5.74) is 5.31. The van der Waals surface area contributed by atoms with Gasteiger partial charge in [0.25, 0.3) is 5.91 Å². The SMILES string of the molecule is NC(=O)c1nc2c(c(CC(F)(F)F)n1)COC2. The molecule has 1 amide bonds. The first-order chi connectivity index (χ1) is 7.87. The number of amides is 1. The monoisotopic (exact) mass is 247 g/mol. The maximum Gasteiger partial charge on any atom is 0.394 e. The van der Waals surface area contributed by atoms with E-state index in [-0.39, 0.29) is 18.9 Å². The van der Waals surface area contributed by atoms with Crippen LogP contribution in [0.1, 0.15) is 27.6 Å². The Balaban J connectivity index is 2.46. The van der Waals surface area contributed by atoms with E-state index in [2.05, 4.69) is 9.97 Å². The Kier molecular flexibility index (Phi) is 2.74. The number of hydrogen-bond donors (Lipinski definition) is 1. The van der Waals surface area contributed by atoms with Crippen molar-refractivity contribution in [3.63, 3.8) is 0 Å². The average molecular weight is 247 g/mol. The van der Waals surface area contributed by atoms with Gasteiger partial charge >= 0.3 is 6.18 Å². The molecule has 1 aromatic rings. The Morgan fingerprint density at radius 3 is 2.65 bits per heavy atom. The number of aromatic nitrogens is 2. The predicted octanol–water partition coefficient (Wildman–Crippen LogP) is 0.711. The van der Waals surface area contributed by atoms with Crippen LogP contribution in [0.2, 0.25) is 0 Å². The summed E-state index contributed by atoms with van der Waals surface area (Å²) in [5, 5.41) is 0. The maximum atomic E-state index is 12.3. The van der Waals surface area contributed by atoms with Crippen molar-refractivity contribution >= 4 is 5.91 Å². The van der Waals surface area contributed by atoms with E-state index in [9.17, 15) is 18.0 Å². The zero-order valence-corrected chi connectivity index (χ0v) is 8.54. The Morgan fingerprint density at radius 2 is 2.06 bits per heavy atom. The van der Waals surface area contributed by atoms with Crippen LogP contribution in [0.15, 0.2) is 0 Å². The minimum atomic E-state index is -4.40. The first kappa shape index (κ1) is 11.8. The Hall–Kier alpha value is -1.70. The highest BCUT2D eigenvalue weighted by atomic mass is 19.4. The topological polar surface area (TPSA) is 78.1 Å². The fraction of sp³-hybridized carbons (Fsp3) is 0.444. The lowest BCUT2D eigenvalue weighted by atomic mass is 10.1. The predicted molar refractivity (Wildman–Crippen MR) is 48.8 cm³/mol. The van der Waals surface area contributed by atoms with Crippen LogP contribution in [0.3, 0.4) is 0 Å². The highest BCUT2D eigenvalue weighted by Gasteiger charge is 2.32. The second-order valence-electron chi connectivity index (χ2n) is 3.57. The molecule has 5 nitrogen and oxygen atoms in total. The Morgan fingerprint density at radius 1 is 1.35 bits per heavy atom. The molecule has 0 radical (unpaired) electrons. The van der Waals surface area contributed by atoms with E-state index < -0.39 is 24.3 Å². The lowest BCUT2D eigenvalue weighted by Gasteiger charge is -2.09. The van der Waals surface area contributed by atoms with Crippen LogP contribution in [0.5, 0.6) is 0 Å². The molecule has 17 heavy (non-hydrogen) atoms. The van der Waals surface area contributed by atoms with Crippen molar-refractivity contribution in [1.29, 1.82) is 0 Å². The second-order valence-corrected chi connectivity index (χ2v) is 3.57. The summed E-state index contributed by atoms with van der Waals surface area (Å²) in [5.74, 6) is -1.36. The molecule has 2 rings (SSSR count). The minimum absolute atomic E-state index is 0.0276. The normalized spacial score (nSPS) is 14.8. The van der Waals surface area contributed by atoms with Crippen molar-refractivity contribution < 1.29 is 22.7 Å². The molecule has 0 unspecified atom stereocenters. The fourth-order valence-electron chi connectivity index (χ4n) is 1.56. The summed E-state index contributed by atoms with van der Waals surface area (Å²) < 4.78 is 42.0. The van der Waals surface area contributed by atoms with Crippen LogP contribution in [0.25, 0.3) is 0 Å². The lowest BCUT2D eigenvalue weighted by Crippen LogP contribution is -2.21. The number of nitrogens with two attached hydrogens (primary N) is 1. The van der Waals surface area contributed by atoms with Gasteiger partial charge in [0.1, 0.15) is 0 Å². The van der Waals surface area contributed by atoms with Crippen LogP contribution in [-0.2, 0) is 24.4 Å². The van der Waals surface area contributed by atoms with E-state index in [1.807, 2.05) is 0 Å². The van der Waals surface area contributed by atoms with Crippen molar-refractivity contribution in [2.45, 2.75) is 25.8 Å².